The van der Waals surface area contributed by atoms with Crippen molar-refractivity contribution in [2.24, 2.45) is 10.9 Å². The predicted octanol–water partition coefficient (Wildman–Crippen LogP) is 3.69. The number of aliphatic imine (C=N–C) groups is 1. The Morgan fingerprint density at radius 3 is 2.92 bits per heavy atom. The van der Waals surface area contributed by atoms with Crippen LogP contribution in [0.2, 0.25) is 0 Å². The van der Waals surface area contributed by atoms with Gasteiger partial charge in [0.15, 0.2) is 5.58 Å². The van der Waals surface area contributed by atoms with E-state index in [9.17, 15) is 9.18 Å². The number of rotatable bonds is 3. The average Bonchev–Trinajstić information content (AvgIpc) is 3.15. The lowest BCUT2D eigenvalue weighted by molar-refractivity contribution is -0.0701. The van der Waals surface area contributed by atoms with Crippen LogP contribution in [-0.2, 0) is 10.3 Å². The van der Waals surface area contributed by atoms with E-state index < -0.39 is 17.1 Å². The summed E-state index contributed by atoms with van der Waals surface area (Å²) in [5.41, 5.74) is 0.351. The van der Waals surface area contributed by atoms with E-state index in [2.05, 4.69) is 23.8 Å². The van der Waals surface area contributed by atoms with Gasteiger partial charge in [-0.05, 0) is 51.2 Å². The number of hydrogen-bond acceptors (Lipinski definition) is 4. The highest BCUT2D eigenvalue weighted by Gasteiger charge is 2.39. The second-order valence-electron chi connectivity index (χ2n) is 7.10. The Kier molecular flexibility index (Phi) is 3.87. The summed E-state index contributed by atoms with van der Waals surface area (Å²) in [7, 11) is 0. The first-order valence-electron chi connectivity index (χ1n) is 8.68. The van der Waals surface area contributed by atoms with Crippen molar-refractivity contribution in [2.45, 2.75) is 50.9 Å². The van der Waals surface area contributed by atoms with Gasteiger partial charge in [0.2, 0.25) is 0 Å². The first-order chi connectivity index (χ1) is 12.0. The Bertz CT molecular complexity index is 899. The van der Waals surface area contributed by atoms with Crippen LogP contribution in [0.1, 0.15) is 38.7 Å². The van der Waals surface area contributed by atoms with Crippen molar-refractivity contribution in [2.75, 3.05) is 0 Å². The minimum absolute atomic E-state index is 0.0989. The van der Waals surface area contributed by atoms with Gasteiger partial charge in [-0.15, -0.1) is 0 Å². The first kappa shape index (κ1) is 16.3. The van der Waals surface area contributed by atoms with Crippen molar-refractivity contribution < 1.29 is 13.5 Å². The van der Waals surface area contributed by atoms with E-state index in [0.29, 0.717) is 23.1 Å². The number of ether oxygens (including phenoxy) is 1. The van der Waals surface area contributed by atoms with Crippen LogP contribution in [-0.4, -0.2) is 23.4 Å². The molecule has 0 amide bonds. The second-order valence-corrected chi connectivity index (χ2v) is 7.10. The van der Waals surface area contributed by atoms with Crippen LogP contribution in [0.3, 0.4) is 0 Å². The van der Waals surface area contributed by atoms with E-state index in [0.717, 1.165) is 12.8 Å². The molecule has 132 valence electrons. The molecule has 4 rings (SSSR count). The molecule has 1 aromatic carbocycles. The molecule has 2 aromatic rings. The maximum Gasteiger partial charge on any atom is 0.417 e. The van der Waals surface area contributed by atoms with Gasteiger partial charge >= 0.3 is 5.76 Å². The standard InChI is InChI=1S/C19H21FN2O3/c1-11-4-5-13(12(2)24-11)10-19(6-3-7-21-19)14-8-17-16(9-15(14)20)22-18(23)25-17/h3,6-9,11-13H,4-5,10H2,1-2H3,(H,22,23). The van der Waals surface area contributed by atoms with Crippen LogP contribution in [0.15, 0.2) is 38.5 Å². The Morgan fingerprint density at radius 2 is 2.20 bits per heavy atom. The Hall–Kier alpha value is -2.21. The number of halogens is 1. The zero-order chi connectivity index (χ0) is 17.6. The number of H-pyrrole nitrogens is 1. The molecule has 4 unspecified atom stereocenters. The lowest BCUT2D eigenvalue weighted by Gasteiger charge is -2.37. The molecule has 25 heavy (non-hydrogen) atoms. The fraction of sp³-hybridized carbons (Fsp3) is 0.474. The topological polar surface area (TPSA) is 67.6 Å². The molecule has 2 aliphatic heterocycles. The summed E-state index contributed by atoms with van der Waals surface area (Å²) < 4.78 is 25.9. The number of nitrogens with one attached hydrogen (secondary N) is 1. The molecule has 0 saturated carbocycles. The van der Waals surface area contributed by atoms with Gasteiger partial charge in [0, 0.05) is 17.8 Å². The smallest absolute Gasteiger partial charge is 0.408 e. The fourth-order valence-corrected chi connectivity index (χ4v) is 4.01. The number of benzene rings is 1. The van der Waals surface area contributed by atoms with Crippen LogP contribution in [0.25, 0.3) is 11.1 Å². The van der Waals surface area contributed by atoms with E-state index >= 15 is 0 Å². The van der Waals surface area contributed by atoms with Gasteiger partial charge in [0.25, 0.3) is 0 Å². The number of aromatic nitrogens is 1. The molecular formula is C19H21FN2O3. The summed E-state index contributed by atoms with van der Waals surface area (Å²) in [6, 6.07) is 2.90. The lowest BCUT2D eigenvalue weighted by Crippen LogP contribution is -2.36. The van der Waals surface area contributed by atoms with Gasteiger partial charge in [-0.25, -0.2) is 9.18 Å². The second kappa shape index (κ2) is 5.95. The summed E-state index contributed by atoms with van der Waals surface area (Å²) in [6.45, 7) is 4.15. The molecule has 6 heteroatoms. The highest BCUT2D eigenvalue weighted by molar-refractivity contribution is 5.78. The fourth-order valence-electron chi connectivity index (χ4n) is 4.01. The third-order valence-corrected chi connectivity index (χ3v) is 5.37. The summed E-state index contributed by atoms with van der Waals surface area (Å²) >= 11 is 0. The van der Waals surface area contributed by atoms with Crippen molar-refractivity contribution in [1.29, 1.82) is 0 Å². The number of fused-ring (bicyclic) bond motifs is 1. The van der Waals surface area contributed by atoms with Crippen LogP contribution in [0.4, 0.5) is 4.39 Å². The molecule has 1 N–H and O–H groups in total. The first-order valence-corrected chi connectivity index (χ1v) is 8.68. The number of nitrogens with zero attached hydrogens (tertiary/aromatic N) is 1. The Labute approximate surface area is 144 Å². The summed E-state index contributed by atoms with van der Waals surface area (Å²) in [6.07, 6.45) is 8.50. The van der Waals surface area contributed by atoms with Crippen molar-refractivity contribution >= 4 is 17.3 Å². The molecule has 1 fully saturated rings. The molecule has 1 saturated heterocycles. The van der Waals surface area contributed by atoms with E-state index in [1.54, 1.807) is 12.3 Å². The quantitative estimate of drug-likeness (QED) is 0.923. The van der Waals surface area contributed by atoms with Gasteiger partial charge in [-0.3, -0.25) is 9.98 Å². The van der Waals surface area contributed by atoms with Gasteiger partial charge < -0.3 is 9.15 Å². The SMILES string of the molecule is CC1CCC(CC2(c3cc4oc(=O)[nH]c4cc3F)C=CC=N2)C(C)O1. The van der Waals surface area contributed by atoms with Gasteiger partial charge in [-0.2, -0.15) is 0 Å². The number of hydrogen-bond donors (Lipinski definition) is 1. The van der Waals surface area contributed by atoms with E-state index in [4.69, 9.17) is 9.15 Å². The molecule has 4 atom stereocenters. The van der Waals surface area contributed by atoms with Crippen molar-refractivity contribution in [3.05, 3.63) is 46.2 Å². The average molecular weight is 344 g/mol. The van der Waals surface area contributed by atoms with Crippen molar-refractivity contribution in [3.8, 4) is 0 Å². The molecule has 0 radical (unpaired) electrons. The summed E-state index contributed by atoms with van der Waals surface area (Å²) in [5.74, 6) is -0.704. The molecule has 1 aromatic heterocycles. The molecule has 0 bridgehead atoms. The minimum Gasteiger partial charge on any atom is -0.408 e. The minimum atomic E-state index is -0.781. The maximum atomic E-state index is 14.8. The van der Waals surface area contributed by atoms with E-state index in [-0.39, 0.29) is 18.1 Å². The largest absolute Gasteiger partial charge is 0.417 e. The summed E-state index contributed by atoms with van der Waals surface area (Å²) in [4.78, 5) is 18.5. The van der Waals surface area contributed by atoms with Crippen LogP contribution in [0.5, 0.6) is 0 Å². The molecule has 5 nitrogen and oxygen atoms in total. The predicted molar refractivity (Wildman–Crippen MR) is 93.5 cm³/mol. The molecule has 0 spiro atoms. The van der Waals surface area contributed by atoms with Crippen molar-refractivity contribution in [1.82, 2.24) is 4.98 Å². The third kappa shape index (κ3) is 2.84. The third-order valence-electron chi connectivity index (χ3n) is 5.37. The highest BCUT2D eigenvalue weighted by Crippen LogP contribution is 2.42. The molecule has 0 aliphatic carbocycles. The summed E-state index contributed by atoms with van der Waals surface area (Å²) in [5, 5.41) is 0. The van der Waals surface area contributed by atoms with Gasteiger partial charge in [-0.1, -0.05) is 6.08 Å². The highest BCUT2D eigenvalue weighted by atomic mass is 19.1. The maximum absolute atomic E-state index is 14.8. The van der Waals surface area contributed by atoms with Crippen molar-refractivity contribution in [3.63, 3.8) is 0 Å². The zero-order valence-electron chi connectivity index (χ0n) is 14.3. The zero-order valence-corrected chi connectivity index (χ0v) is 14.3. The lowest BCUT2D eigenvalue weighted by atomic mass is 9.77. The number of oxazole rings is 1. The monoisotopic (exact) mass is 344 g/mol. The van der Waals surface area contributed by atoms with E-state index in [1.807, 2.05) is 12.2 Å². The normalized spacial score (nSPS) is 31.9. The molecule has 2 aliphatic rings. The van der Waals surface area contributed by atoms with E-state index in [1.165, 1.54) is 6.07 Å². The van der Waals surface area contributed by atoms with Crippen LogP contribution < -0.4 is 5.76 Å². The molecular weight excluding hydrogens is 323 g/mol. The number of allylic oxidation sites excluding steroid dienone is 1. The van der Waals surface area contributed by atoms with Crippen LogP contribution >= 0.6 is 0 Å². The van der Waals surface area contributed by atoms with Gasteiger partial charge in [0.05, 0.1) is 17.7 Å². The molecule has 3 heterocycles. The Balaban J connectivity index is 1.74. The Morgan fingerprint density at radius 1 is 1.36 bits per heavy atom. The van der Waals surface area contributed by atoms with Gasteiger partial charge in [0.1, 0.15) is 11.4 Å². The number of aromatic amines is 1. The van der Waals surface area contributed by atoms with Crippen LogP contribution in [0, 0.1) is 11.7 Å².